The van der Waals surface area contributed by atoms with Crippen molar-refractivity contribution in [2.75, 3.05) is 5.32 Å². The molecule has 0 bridgehead atoms. The molecule has 0 saturated carbocycles. The fourth-order valence-corrected chi connectivity index (χ4v) is 3.12. The van der Waals surface area contributed by atoms with Gasteiger partial charge in [0.05, 0.1) is 6.04 Å². The maximum Gasteiger partial charge on any atom is 0.123 e. The molecule has 0 heterocycles. The van der Waals surface area contributed by atoms with E-state index in [0.717, 1.165) is 28.6 Å². The highest BCUT2D eigenvalue weighted by atomic mass is 79.9. The molecule has 3 rings (SSSR count). The summed E-state index contributed by atoms with van der Waals surface area (Å²) in [4.78, 5) is 0. The van der Waals surface area contributed by atoms with E-state index in [0.29, 0.717) is 6.04 Å². The third kappa shape index (κ3) is 2.52. The van der Waals surface area contributed by atoms with Crippen LogP contribution in [0.5, 0.6) is 0 Å². The van der Waals surface area contributed by atoms with Crippen LogP contribution in [0.3, 0.4) is 0 Å². The van der Waals surface area contributed by atoms with E-state index in [2.05, 4.69) is 39.4 Å². The predicted molar refractivity (Wildman–Crippen MR) is 80.0 cm³/mol. The minimum absolute atomic E-state index is 0.182. The molecule has 3 heteroatoms. The van der Waals surface area contributed by atoms with Gasteiger partial charge < -0.3 is 5.32 Å². The second-order valence-corrected chi connectivity index (χ2v) is 5.95. The van der Waals surface area contributed by atoms with Crippen molar-refractivity contribution in [3.63, 3.8) is 0 Å². The second kappa shape index (κ2) is 4.97. The Labute approximate surface area is 121 Å². The van der Waals surface area contributed by atoms with Crippen LogP contribution in [0.25, 0.3) is 0 Å². The van der Waals surface area contributed by atoms with E-state index in [1.54, 1.807) is 6.07 Å². The average molecular weight is 320 g/mol. The number of aryl methyl sites for hydroxylation is 2. The van der Waals surface area contributed by atoms with Crippen molar-refractivity contribution in [1.29, 1.82) is 0 Å². The Morgan fingerprint density at radius 3 is 2.84 bits per heavy atom. The molecule has 0 amide bonds. The molecular weight excluding hydrogens is 305 g/mol. The minimum Gasteiger partial charge on any atom is -0.378 e. The van der Waals surface area contributed by atoms with Gasteiger partial charge in [-0.1, -0.05) is 22.0 Å². The van der Waals surface area contributed by atoms with Gasteiger partial charge >= 0.3 is 0 Å². The van der Waals surface area contributed by atoms with Crippen molar-refractivity contribution in [2.45, 2.75) is 25.8 Å². The Morgan fingerprint density at radius 1 is 1.21 bits per heavy atom. The first kappa shape index (κ1) is 12.7. The largest absolute Gasteiger partial charge is 0.378 e. The highest BCUT2D eigenvalue weighted by molar-refractivity contribution is 9.10. The minimum atomic E-state index is -0.182. The first-order chi connectivity index (χ1) is 9.13. The number of anilines is 1. The number of rotatable bonds is 2. The van der Waals surface area contributed by atoms with Gasteiger partial charge in [-0.15, -0.1) is 0 Å². The van der Waals surface area contributed by atoms with Crippen molar-refractivity contribution < 1.29 is 4.39 Å². The van der Waals surface area contributed by atoms with E-state index in [1.165, 1.54) is 17.2 Å². The van der Waals surface area contributed by atoms with Crippen LogP contribution < -0.4 is 5.32 Å². The zero-order valence-electron chi connectivity index (χ0n) is 10.7. The molecule has 0 radical (unpaired) electrons. The fourth-order valence-electron chi connectivity index (χ4n) is 2.71. The smallest absolute Gasteiger partial charge is 0.123 e. The Bertz CT molecular complexity index is 624. The number of hydrogen-bond acceptors (Lipinski definition) is 1. The van der Waals surface area contributed by atoms with Gasteiger partial charge in [-0.2, -0.15) is 0 Å². The Hall–Kier alpha value is -1.35. The van der Waals surface area contributed by atoms with E-state index in [4.69, 9.17) is 0 Å². The molecule has 98 valence electrons. The standard InChI is InChI=1S/C16H15BrFN/c1-10-8-13(18)4-7-15(10)19-16-6-2-11-9-12(17)3-5-14(11)16/h3-5,7-9,16,19H,2,6H2,1H3. The fraction of sp³-hybridized carbons (Fsp3) is 0.250. The van der Waals surface area contributed by atoms with Gasteiger partial charge in [0.15, 0.2) is 0 Å². The van der Waals surface area contributed by atoms with Crippen LogP contribution in [0, 0.1) is 12.7 Å². The molecule has 0 spiro atoms. The Balaban J connectivity index is 1.86. The topological polar surface area (TPSA) is 12.0 Å². The summed E-state index contributed by atoms with van der Waals surface area (Å²) in [6, 6.07) is 11.7. The highest BCUT2D eigenvalue weighted by Crippen LogP contribution is 2.35. The molecule has 1 atom stereocenters. The lowest BCUT2D eigenvalue weighted by atomic mass is 10.1. The molecule has 0 aliphatic heterocycles. The van der Waals surface area contributed by atoms with Crippen LogP contribution in [0.2, 0.25) is 0 Å². The molecule has 2 aromatic rings. The average Bonchev–Trinajstić information content (AvgIpc) is 2.75. The van der Waals surface area contributed by atoms with Crippen LogP contribution >= 0.6 is 15.9 Å². The van der Waals surface area contributed by atoms with Gasteiger partial charge in [0.2, 0.25) is 0 Å². The number of fused-ring (bicyclic) bond motifs is 1. The number of benzene rings is 2. The van der Waals surface area contributed by atoms with Crippen molar-refractivity contribution in [1.82, 2.24) is 0 Å². The summed E-state index contributed by atoms with van der Waals surface area (Å²) in [6.07, 6.45) is 2.18. The first-order valence-electron chi connectivity index (χ1n) is 6.44. The molecule has 1 unspecified atom stereocenters. The van der Waals surface area contributed by atoms with Crippen LogP contribution in [0.4, 0.5) is 10.1 Å². The lowest BCUT2D eigenvalue weighted by Gasteiger charge is -2.17. The summed E-state index contributed by atoms with van der Waals surface area (Å²) in [6.45, 7) is 1.93. The quantitative estimate of drug-likeness (QED) is 0.821. The van der Waals surface area contributed by atoms with Gasteiger partial charge in [0.25, 0.3) is 0 Å². The lowest BCUT2D eigenvalue weighted by Crippen LogP contribution is -2.08. The van der Waals surface area contributed by atoms with Crippen molar-refractivity contribution in [3.05, 3.63) is 63.4 Å². The second-order valence-electron chi connectivity index (χ2n) is 5.04. The highest BCUT2D eigenvalue weighted by Gasteiger charge is 2.22. The van der Waals surface area contributed by atoms with Crippen molar-refractivity contribution in [2.24, 2.45) is 0 Å². The summed E-state index contributed by atoms with van der Waals surface area (Å²) in [5.41, 5.74) is 4.71. The third-order valence-corrected chi connectivity index (χ3v) is 4.19. The summed E-state index contributed by atoms with van der Waals surface area (Å²) in [7, 11) is 0. The van der Waals surface area contributed by atoms with Crippen molar-refractivity contribution >= 4 is 21.6 Å². The van der Waals surface area contributed by atoms with Gasteiger partial charge in [0.1, 0.15) is 5.82 Å². The van der Waals surface area contributed by atoms with E-state index < -0.39 is 0 Å². The van der Waals surface area contributed by atoms with Crippen LogP contribution in [0.1, 0.15) is 29.2 Å². The molecule has 2 aromatic carbocycles. The maximum absolute atomic E-state index is 13.1. The summed E-state index contributed by atoms with van der Waals surface area (Å²) in [5.74, 6) is -0.182. The molecule has 0 aromatic heterocycles. The van der Waals surface area contributed by atoms with Crippen LogP contribution in [-0.2, 0) is 6.42 Å². The van der Waals surface area contributed by atoms with Gasteiger partial charge in [-0.3, -0.25) is 0 Å². The monoisotopic (exact) mass is 319 g/mol. The van der Waals surface area contributed by atoms with E-state index in [-0.39, 0.29) is 5.82 Å². The van der Waals surface area contributed by atoms with E-state index in [1.807, 2.05) is 13.0 Å². The lowest BCUT2D eigenvalue weighted by molar-refractivity contribution is 0.626. The number of hydrogen-bond donors (Lipinski definition) is 1. The van der Waals surface area contributed by atoms with E-state index in [9.17, 15) is 4.39 Å². The zero-order chi connectivity index (χ0) is 13.4. The molecule has 19 heavy (non-hydrogen) atoms. The van der Waals surface area contributed by atoms with E-state index >= 15 is 0 Å². The summed E-state index contributed by atoms with van der Waals surface area (Å²) < 4.78 is 14.2. The summed E-state index contributed by atoms with van der Waals surface area (Å²) in [5, 5.41) is 3.53. The molecule has 1 aliphatic rings. The van der Waals surface area contributed by atoms with Gasteiger partial charge in [0, 0.05) is 10.2 Å². The molecule has 1 aliphatic carbocycles. The molecule has 1 nitrogen and oxygen atoms in total. The third-order valence-electron chi connectivity index (χ3n) is 3.70. The normalized spacial score (nSPS) is 17.3. The van der Waals surface area contributed by atoms with Crippen LogP contribution in [-0.4, -0.2) is 0 Å². The molecule has 0 fully saturated rings. The van der Waals surface area contributed by atoms with Gasteiger partial charge in [-0.25, -0.2) is 4.39 Å². The Kier molecular flexibility index (Phi) is 3.31. The molecule has 0 saturated heterocycles. The zero-order valence-corrected chi connectivity index (χ0v) is 12.3. The SMILES string of the molecule is Cc1cc(F)ccc1NC1CCc2cc(Br)ccc21. The van der Waals surface area contributed by atoms with Gasteiger partial charge in [-0.05, 0) is 66.8 Å². The first-order valence-corrected chi connectivity index (χ1v) is 7.24. The number of nitrogens with one attached hydrogen (secondary N) is 1. The van der Waals surface area contributed by atoms with Crippen molar-refractivity contribution in [3.8, 4) is 0 Å². The van der Waals surface area contributed by atoms with Crippen LogP contribution in [0.15, 0.2) is 40.9 Å². The number of halogens is 2. The Morgan fingerprint density at radius 2 is 2.05 bits per heavy atom. The molecular formula is C16H15BrFN. The molecule has 1 N–H and O–H groups in total. The maximum atomic E-state index is 13.1. The predicted octanol–water partition coefficient (Wildman–Crippen LogP) is 5.00. The summed E-state index contributed by atoms with van der Waals surface area (Å²) >= 11 is 3.51.